The van der Waals surface area contributed by atoms with Crippen LogP contribution in [0.4, 0.5) is 0 Å². The van der Waals surface area contributed by atoms with E-state index in [9.17, 15) is 0 Å². The Kier molecular flexibility index (Phi) is 16.9. The number of benzene rings is 2. The highest BCUT2D eigenvalue weighted by atomic mass is 16.5. The molecule has 0 aromatic heterocycles. The first kappa shape index (κ1) is 43.2. The van der Waals surface area contributed by atoms with Crippen LogP contribution in [0.5, 0.6) is 34.5 Å². The molecule has 266 valence electrons. The molecule has 6 nitrogen and oxygen atoms in total. The zero-order chi connectivity index (χ0) is 36.1. The van der Waals surface area contributed by atoms with Gasteiger partial charge in [0.1, 0.15) is 45.7 Å². The summed E-state index contributed by atoms with van der Waals surface area (Å²) >= 11 is 0. The molecule has 0 amide bonds. The van der Waals surface area contributed by atoms with Crippen molar-refractivity contribution in [1.82, 2.24) is 0 Å². The van der Waals surface area contributed by atoms with Crippen molar-refractivity contribution in [1.29, 1.82) is 0 Å². The zero-order valence-electron chi connectivity index (χ0n) is 33.1. The lowest BCUT2D eigenvalue weighted by molar-refractivity contribution is 0.119. The summed E-state index contributed by atoms with van der Waals surface area (Å²) in [4.78, 5) is 0. The summed E-state index contributed by atoms with van der Waals surface area (Å²) in [7, 11) is 0. The average Bonchev–Trinajstić information content (AvgIpc) is 2.83. The van der Waals surface area contributed by atoms with E-state index in [0.717, 1.165) is 34.5 Å². The number of hydrogen-bond acceptors (Lipinski definition) is 6. The largest absolute Gasteiger partial charge is 0.493 e. The summed E-state index contributed by atoms with van der Waals surface area (Å²) in [6, 6.07) is 11.6. The maximum Gasteiger partial charge on any atom is 0.127 e. The molecule has 0 bridgehead atoms. The molecule has 2 aromatic carbocycles. The van der Waals surface area contributed by atoms with Crippen molar-refractivity contribution in [2.24, 2.45) is 16.2 Å². The quantitative estimate of drug-likeness (QED) is 0.256. The van der Waals surface area contributed by atoms with Gasteiger partial charge in [-0.3, -0.25) is 0 Å². The molecule has 0 aliphatic carbocycles. The molecule has 0 atom stereocenters. The molecule has 46 heavy (non-hydrogen) atoms. The normalized spacial score (nSPS) is 12.3. The van der Waals surface area contributed by atoms with E-state index >= 15 is 0 Å². The fourth-order valence-electron chi connectivity index (χ4n) is 3.41. The lowest BCUT2D eigenvalue weighted by Gasteiger charge is -2.25. The van der Waals surface area contributed by atoms with Gasteiger partial charge >= 0.3 is 0 Å². The summed E-state index contributed by atoms with van der Waals surface area (Å²) < 4.78 is 35.5. The van der Waals surface area contributed by atoms with Crippen LogP contribution in [-0.2, 0) is 0 Å². The average molecular weight is 647 g/mol. The molecule has 0 N–H and O–H groups in total. The first-order valence-corrected chi connectivity index (χ1v) is 16.9. The van der Waals surface area contributed by atoms with Crippen LogP contribution in [0.2, 0.25) is 0 Å². The SMILES string of the molecule is CC.CC(C)(C)COc1cc(OCC(C)(C)C)cc(OCC(C)(C)C)c1.CC(C)Oc1cc(OC(C)(C)C)cc(OC(C)(C)C)c1. The van der Waals surface area contributed by atoms with E-state index in [-0.39, 0.29) is 33.6 Å². The molecule has 2 rings (SSSR count). The Morgan fingerprint density at radius 3 is 0.870 bits per heavy atom. The second-order valence-electron chi connectivity index (χ2n) is 17.4. The molecular weight excluding hydrogens is 576 g/mol. The van der Waals surface area contributed by atoms with Crippen LogP contribution in [0.3, 0.4) is 0 Å². The molecular formula is C40H70O6. The number of hydrogen-bond donors (Lipinski definition) is 0. The maximum absolute atomic E-state index is 5.96. The molecule has 0 aliphatic rings. The molecule has 0 radical (unpaired) electrons. The van der Waals surface area contributed by atoms with Gasteiger partial charge in [-0.2, -0.15) is 0 Å². The molecule has 0 aliphatic heterocycles. The predicted octanol–water partition coefficient (Wildman–Crippen LogP) is 11.8. The Bertz CT molecular complexity index is 1010. The summed E-state index contributed by atoms with van der Waals surface area (Å²) in [6.45, 7) is 41.5. The van der Waals surface area contributed by atoms with E-state index < -0.39 is 0 Å². The van der Waals surface area contributed by atoms with Gasteiger partial charge in [0.25, 0.3) is 0 Å². The summed E-state index contributed by atoms with van der Waals surface area (Å²) in [5, 5.41) is 0. The van der Waals surface area contributed by atoms with Crippen molar-refractivity contribution in [2.75, 3.05) is 19.8 Å². The standard InChI is InChI=1S/C21H36O3.C17H28O3.C2H6/c1-19(2,3)13-22-16-10-17(23-14-20(4,5)6)12-18(11-16)24-15-21(7,8)9;1-12(2)18-13-9-14(19-16(3,4)5)11-15(10-13)20-17(6,7)8;1-2/h10-12H,13-15H2,1-9H3;9-12H,1-8H3;1-2H3. The topological polar surface area (TPSA) is 55.4 Å². The van der Waals surface area contributed by atoms with Gasteiger partial charge in [0, 0.05) is 36.4 Å². The fourth-order valence-corrected chi connectivity index (χ4v) is 3.41. The molecule has 2 aromatic rings. The van der Waals surface area contributed by atoms with E-state index in [1.165, 1.54) is 0 Å². The third-order valence-electron chi connectivity index (χ3n) is 4.94. The summed E-state index contributed by atoms with van der Waals surface area (Å²) in [5.41, 5.74) is -0.191. The molecule has 0 heterocycles. The Hall–Kier alpha value is -2.76. The minimum absolute atomic E-state index is 0.106. The van der Waals surface area contributed by atoms with Gasteiger partial charge < -0.3 is 28.4 Å². The molecule has 0 saturated heterocycles. The minimum Gasteiger partial charge on any atom is -0.493 e. The van der Waals surface area contributed by atoms with Gasteiger partial charge in [0.15, 0.2) is 0 Å². The molecule has 0 unspecified atom stereocenters. The summed E-state index contributed by atoms with van der Waals surface area (Å²) in [5.74, 6) is 4.66. The van der Waals surface area contributed by atoms with Crippen LogP contribution < -0.4 is 28.4 Å². The molecule has 0 fully saturated rings. The van der Waals surface area contributed by atoms with Crippen LogP contribution >= 0.6 is 0 Å². The highest BCUT2D eigenvalue weighted by Crippen LogP contribution is 2.33. The van der Waals surface area contributed by atoms with Crippen LogP contribution in [0.1, 0.15) is 132 Å². The predicted molar refractivity (Wildman–Crippen MR) is 196 cm³/mol. The second kappa shape index (κ2) is 18.0. The first-order chi connectivity index (χ1) is 20.7. The Balaban J connectivity index is 0.000000847. The highest BCUT2D eigenvalue weighted by Gasteiger charge is 2.18. The molecule has 0 spiro atoms. The smallest absolute Gasteiger partial charge is 0.127 e. The lowest BCUT2D eigenvalue weighted by Crippen LogP contribution is -2.24. The van der Waals surface area contributed by atoms with Gasteiger partial charge in [-0.1, -0.05) is 76.2 Å². The van der Waals surface area contributed by atoms with Crippen LogP contribution in [0, 0.1) is 16.2 Å². The van der Waals surface area contributed by atoms with Crippen molar-refractivity contribution >= 4 is 0 Å². The van der Waals surface area contributed by atoms with Crippen molar-refractivity contribution in [3.8, 4) is 34.5 Å². The van der Waals surface area contributed by atoms with E-state index in [2.05, 4.69) is 62.3 Å². The van der Waals surface area contributed by atoms with E-state index in [0.29, 0.717) is 19.8 Å². The van der Waals surface area contributed by atoms with Gasteiger partial charge in [-0.25, -0.2) is 0 Å². The fraction of sp³-hybridized carbons (Fsp3) is 0.700. The third kappa shape index (κ3) is 23.6. The van der Waals surface area contributed by atoms with Crippen LogP contribution in [0.25, 0.3) is 0 Å². The highest BCUT2D eigenvalue weighted by molar-refractivity contribution is 5.43. The number of ether oxygens (including phenoxy) is 6. The van der Waals surface area contributed by atoms with Crippen molar-refractivity contribution in [3.05, 3.63) is 36.4 Å². The van der Waals surface area contributed by atoms with Gasteiger partial charge in [0.2, 0.25) is 0 Å². The van der Waals surface area contributed by atoms with Gasteiger partial charge in [-0.15, -0.1) is 0 Å². The van der Waals surface area contributed by atoms with Crippen molar-refractivity contribution in [3.63, 3.8) is 0 Å². The van der Waals surface area contributed by atoms with Crippen LogP contribution in [-0.4, -0.2) is 37.1 Å². The van der Waals surface area contributed by atoms with Crippen molar-refractivity contribution in [2.45, 2.75) is 149 Å². The summed E-state index contributed by atoms with van der Waals surface area (Å²) in [6.07, 6.45) is 0.113. The Labute approximate surface area is 283 Å². The van der Waals surface area contributed by atoms with Gasteiger partial charge in [0.05, 0.1) is 25.9 Å². The first-order valence-electron chi connectivity index (χ1n) is 16.9. The maximum atomic E-state index is 5.96. The number of rotatable bonds is 10. The Morgan fingerprint density at radius 1 is 0.413 bits per heavy atom. The minimum atomic E-state index is -0.255. The van der Waals surface area contributed by atoms with Gasteiger partial charge in [-0.05, 0) is 71.6 Å². The monoisotopic (exact) mass is 647 g/mol. The molecule has 0 saturated carbocycles. The van der Waals surface area contributed by atoms with E-state index in [1.807, 2.05) is 106 Å². The zero-order valence-corrected chi connectivity index (χ0v) is 33.1. The Morgan fingerprint density at radius 2 is 0.652 bits per heavy atom. The van der Waals surface area contributed by atoms with E-state index in [4.69, 9.17) is 28.4 Å². The van der Waals surface area contributed by atoms with Crippen molar-refractivity contribution < 1.29 is 28.4 Å². The van der Waals surface area contributed by atoms with E-state index in [1.54, 1.807) is 0 Å². The molecule has 6 heteroatoms. The lowest BCUT2D eigenvalue weighted by atomic mass is 9.98. The third-order valence-corrected chi connectivity index (χ3v) is 4.94. The second-order valence-corrected chi connectivity index (χ2v) is 17.4. The van der Waals surface area contributed by atoms with Crippen LogP contribution in [0.15, 0.2) is 36.4 Å².